The number of nitrogens with two attached hydrogens (primary N) is 1. The Bertz CT molecular complexity index is 623. The molecule has 116 valence electrons. The second-order valence-corrected chi connectivity index (χ2v) is 6.44. The number of hydrogen-bond acceptors (Lipinski definition) is 7. The van der Waals surface area contributed by atoms with Gasteiger partial charge >= 0.3 is 0 Å². The lowest BCUT2D eigenvalue weighted by Gasteiger charge is -2.30. The van der Waals surface area contributed by atoms with Crippen LogP contribution in [0.15, 0.2) is 24.8 Å². The van der Waals surface area contributed by atoms with Crippen molar-refractivity contribution in [3.05, 3.63) is 29.7 Å². The van der Waals surface area contributed by atoms with Crippen LogP contribution in [0.2, 0.25) is 0 Å². The molecule has 0 radical (unpaired) electrons. The highest BCUT2D eigenvalue weighted by Crippen LogP contribution is 2.22. The van der Waals surface area contributed by atoms with Crippen molar-refractivity contribution in [3.63, 3.8) is 0 Å². The summed E-state index contributed by atoms with van der Waals surface area (Å²) in [5.74, 6) is 0.571. The first-order chi connectivity index (χ1) is 10.7. The van der Waals surface area contributed by atoms with E-state index in [2.05, 4.69) is 25.2 Å². The molecular weight excluding hydrogens is 300 g/mol. The molecule has 0 atom stereocenters. The Hall–Kier alpha value is -2.06. The molecule has 0 aromatic carbocycles. The highest BCUT2D eigenvalue weighted by molar-refractivity contribution is 7.15. The lowest BCUT2D eigenvalue weighted by molar-refractivity contribution is -0.121. The van der Waals surface area contributed by atoms with Crippen molar-refractivity contribution < 1.29 is 4.79 Å². The molecule has 3 N–H and O–H groups in total. The Kier molecular flexibility index (Phi) is 4.59. The maximum Gasteiger partial charge on any atom is 0.228 e. The number of nitrogens with zero attached hydrogens (tertiary/aromatic N) is 4. The number of likely N-dealkylation sites (tertiary alicyclic amines) is 1. The normalized spacial score (nSPS) is 16.5. The van der Waals surface area contributed by atoms with Crippen molar-refractivity contribution >= 4 is 28.2 Å². The van der Waals surface area contributed by atoms with Crippen molar-refractivity contribution in [1.82, 2.24) is 19.9 Å². The smallest absolute Gasteiger partial charge is 0.228 e. The third kappa shape index (κ3) is 3.77. The number of piperidine rings is 1. The lowest BCUT2D eigenvalue weighted by Crippen LogP contribution is -2.37. The number of anilines is 2. The van der Waals surface area contributed by atoms with E-state index in [1.807, 2.05) is 6.20 Å². The van der Waals surface area contributed by atoms with Crippen LogP contribution in [0.25, 0.3) is 0 Å². The van der Waals surface area contributed by atoms with Gasteiger partial charge in [-0.1, -0.05) is 0 Å². The van der Waals surface area contributed by atoms with Crippen LogP contribution >= 0.6 is 11.3 Å². The molecule has 1 amide bonds. The van der Waals surface area contributed by atoms with Crippen molar-refractivity contribution in [2.24, 2.45) is 5.92 Å². The second kappa shape index (κ2) is 6.80. The average Bonchev–Trinajstić information content (AvgIpc) is 2.94. The highest BCUT2D eigenvalue weighted by atomic mass is 32.1. The van der Waals surface area contributed by atoms with Crippen LogP contribution in [0.4, 0.5) is 10.9 Å². The van der Waals surface area contributed by atoms with Crippen molar-refractivity contribution in [3.8, 4) is 0 Å². The van der Waals surface area contributed by atoms with E-state index in [0.29, 0.717) is 10.9 Å². The van der Waals surface area contributed by atoms with Gasteiger partial charge in [0.2, 0.25) is 5.91 Å². The van der Waals surface area contributed by atoms with Crippen LogP contribution in [0, 0.1) is 5.92 Å². The lowest BCUT2D eigenvalue weighted by atomic mass is 9.96. The van der Waals surface area contributed by atoms with Crippen molar-refractivity contribution in [2.45, 2.75) is 19.4 Å². The van der Waals surface area contributed by atoms with Gasteiger partial charge in [-0.15, -0.1) is 11.3 Å². The van der Waals surface area contributed by atoms with Crippen LogP contribution in [0.3, 0.4) is 0 Å². The molecular formula is C14H18N6OS. The number of hydrogen-bond donors (Lipinski definition) is 2. The predicted octanol–water partition coefficient (Wildman–Crippen LogP) is 1.37. The van der Waals surface area contributed by atoms with Gasteiger partial charge in [-0.2, -0.15) is 0 Å². The zero-order chi connectivity index (χ0) is 15.4. The van der Waals surface area contributed by atoms with Gasteiger partial charge in [-0.25, -0.2) is 9.97 Å². The number of rotatable bonds is 4. The van der Waals surface area contributed by atoms with Gasteiger partial charge in [0, 0.05) is 35.9 Å². The molecule has 0 saturated carbocycles. The van der Waals surface area contributed by atoms with E-state index in [4.69, 9.17) is 5.73 Å². The number of nitrogens with one attached hydrogen (secondary N) is 1. The Morgan fingerprint density at radius 1 is 1.32 bits per heavy atom. The largest absolute Gasteiger partial charge is 0.375 e. The summed E-state index contributed by atoms with van der Waals surface area (Å²) < 4.78 is 0. The molecule has 0 unspecified atom stereocenters. The molecule has 22 heavy (non-hydrogen) atoms. The van der Waals surface area contributed by atoms with Gasteiger partial charge in [0.05, 0.1) is 6.20 Å². The van der Waals surface area contributed by atoms with E-state index >= 15 is 0 Å². The van der Waals surface area contributed by atoms with Gasteiger partial charge in [-0.05, 0) is 25.9 Å². The quantitative estimate of drug-likeness (QED) is 0.883. The zero-order valence-corrected chi connectivity index (χ0v) is 12.9. The summed E-state index contributed by atoms with van der Waals surface area (Å²) in [6, 6.07) is 0. The third-order valence-corrected chi connectivity index (χ3v) is 4.53. The molecule has 1 fully saturated rings. The number of carbonyl (C=O) groups excluding carboxylic acids is 1. The fraction of sp³-hybridized carbons (Fsp3) is 0.429. The van der Waals surface area contributed by atoms with E-state index in [9.17, 15) is 4.79 Å². The first kappa shape index (κ1) is 14.9. The monoisotopic (exact) mass is 318 g/mol. The topological polar surface area (TPSA) is 97.0 Å². The highest BCUT2D eigenvalue weighted by Gasteiger charge is 2.25. The fourth-order valence-corrected chi connectivity index (χ4v) is 3.29. The van der Waals surface area contributed by atoms with E-state index in [-0.39, 0.29) is 11.8 Å². The first-order valence-corrected chi connectivity index (χ1v) is 8.02. The first-order valence-electron chi connectivity index (χ1n) is 7.20. The Labute approximate surface area is 132 Å². The molecule has 2 aromatic heterocycles. The van der Waals surface area contributed by atoms with Crippen molar-refractivity contribution in [1.29, 1.82) is 0 Å². The molecule has 8 heteroatoms. The molecule has 7 nitrogen and oxygen atoms in total. The standard InChI is InChI=1S/C14H18N6OS/c15-14-18-7-11(22-14)9-20-5-1-10(2-6-20)13(21)19-12-8-16-3-4-17-12/h3-4,7-8,10H,1-2,5-6,9H2,(H2,15,18)(H,17,19,21). The number of carbonyl (C=O) groups is 1. The Balaban J connectivity index is 1.48. The molecule has 0 aliphatic carbocycles. The maximum atomic E-state index is 12.2. The molecule has 3 rings (SSSR count). The molecule has 1 aliphatic heterocycles. The summed E-state index contributed by atoms with van der Waals surface area (Å²) in [6.45, 7) is 2.65. The predicted molar refractivity (Wildman–Crippen MR) is 85.2 cm³/mol. The van der Waals surface area contributed by atoms with Crippen LogP contribution in [0.5, 0.6) is 0 Å². The molecule has 2 aromatic rings. The zero-order valence-electron chi connectivity index (χ0n) is 12.1. The number of thiazole rings is 1. The third-order valence-electron chi connectivity index (χ3n) is 3.72. The minimum atomic E-state index is 0.0298. The van der Waals surface area contributed by atoms with E-state index in [1.54, 1.807) is 18.6 Å². The fourth-order valence-electron chi connectivity index (χ4n) is 2.56. The van der Waals surface area contributed by atoms with Gasteiger partial charge in [0.15, 0.2) is 10.9 Å². The summed E-state index contributed by atoms with van der Waals surface area (Å²) in [6.07, 6.45) is 8.23. The Morgan fingerprint density at radius 2 is 2.14 bits per heavy atom. The van der Waals surface area contributed by atoms with E-state index in [1.165, 1.54) is 16.2 Å². The van der Waals surface area contributed by atoms with Crippen LogP contribution in [0.1, 0.15) is 17.7 Å². The summed E-state index contributed by atoms with van der Waals surface area (Å²) in [7, 11) is 0. The number of nitrogen functional groups attached to an aromatic ring is 1. The Morgan fingerprint density at radius 3 is 2.77 bits per heavy atom. The minimum absolute atomic E-state index is 0.0298. The van der Waals surface area contributed by atoms with Crippen LogP contribution in [-0.2, 0) is 11.3 Å². The van der Waals surface area contributed by atoms with Gasteiger partial charge in [0.1, 0.15) is 0 Å². The number of amides is 1. The molecule has 0 spiro atoms. The summed E-state index contributed by atoms with van der Waals surface area (Å²) in [5, 5.41) is 3.43. The molecule has 1 aliphatic rings. The average molecular weight is 318 g/mol. The van der Waals surface area contributed by atoms with Gasteiger partial charge in [0.25, 0.3) is 0 Å². The SMILES string of the molecule is Nc1ncc(CN2CCC(C(=O)Nc3cnccn3)CC2)s1. The number of aromatic nitrogens is 3. The van der Waals surface area contributed by atoms with Crippen molar-refractivity contribution in [2.75, 3.05) is 24.1 Å². The van der Waals surface area contributed by atoms with Crippen LogP contribution < -0.4 is 11.1 Å². The van der Waals surface area contributed by atoms with Gasteiger partial charge in [-0.3, -0.25) is 14.7 Å². The van der Waals surface area contributed by atoms with Crippen LogP contribution in [-0.4, -0.2) is 38.8 Å². The minimum Gasteiger partial charge on any atom is -0.375 e. The molecule has 1 saturated heterocycles. The summed E-state index contributed by atoms with van der Waals surface area (Å²) >= 11 is 1.52. The second-order valence-electron chi connectivity index (χ2n) is 5.30. The maximum absolute atomic E-state index is 12.2. The van der Waals surface area contributed by atoms with Gasteiger partial charge < -0.3 is 11.1 Å². The molecule has 3 heterocycles. The van der Waals surface area contributed by atoms with E-state index in [0.717, 1.165) is 32.5 Å². The van der Waals surface area contributed by atoms with E-state index < -0.39 is 0 Å². The summed E-state index contributed by atoms with van der Waals surface area (Å²) in [4.78, 5) is 27.8. The molecule has 0 bridgehead atoms. The summed E-state index contributed by atoms with van der Waals surface area (Å²) in [5.41, 5.74) is 5.64.